The molecule has 1 aromatic carbocycles. The minimum absolute atomic E-state index is 0.0778. The lowest BCUT2D eigenvalue weighted by molar-refractivity contribution is -0.121. The fourth-order valence-corrected chi connectivity index (χ4v) is 2.46. The number of hydrogen-bond acceptors (Lipinski definition) is 3. The Kier molecular flexibility index (Phi) is 4.78. The van der Waals surface area contributed by atoms with Crippen LogP contribution in [0.3, 0.4) is 0 Å². The van der Waals surface area contributed by atoms with E-state index in [1.165, 1.54) is 0 Å². The summed E-state index contributed by atoms with van der Waals surface area (Å²) >= 11 is 0. The molecule has 0 saturated heterocycles. The zero-order valence-electron chi connectivity index (χ0n) is 14.4. The quantitative estimate of drug-likeness (QED) is 0.911. The van der Waals surface area contributed by atoms with Gasteiger partial charge in [0.15, 0.2) is 0 Å². The number of phenolic OH excluding ortho intramolecular Hbond substituents is 1. The van der Waals surface area contributed by atoms with Crippen LogP contribution in [0.4, 0.5) is 0 Å². The molecule has 5 heteroatoms. The van der Waals surface area contributed by atoms with Crippen molar-refractivity contribution in [3.8, 4) is 5.75 Å². The fraction of sp³-hybridized carbons (Fsp3) is 0.444. The topological polar surface area (TPSA) is 67.2 Å². The van der Waals surface area contributed by atoms with E-state index in [1.807, 2.05) is 30.8 Å². The molecule has 0 aliphatic carbocycles. The Labute approximate surface area is 137 Å². The molecule has 0 saturated carbocycles. The summed E-state index contributed by atoms with van der Waals surface area (Å²) in [6, 6.07) is 6.64. The summed E-state index contributed by atoms with van der Waals surface area (Å²) in [5, 5.41) is 17.0. The van der Waals surface area contributed by atoms with Crippen molar-refractivity contribution in [1.82, 2.24) is 15.1 Å². The van der Waals surface area contributed by atoms with Gasteiger partial charge in [0, 0.05) is 11.8 Å². The minimum atomic E-state index is -0.115. The molecule has 0 bridgehead atoms. The first-order valence-corrected chi connectivity index (χ1v) is 7.80. The SMILES string of the molecule is Cc1nn(C(C)(C)C)cc1[C@H](C)NC(=O)Cc1cccc(O)c1. The summed E-state index contributed by atoms with van der Waals surface area (Å²) in [4.78, 5) is 12.2. The Hall–Kier alpha value is -2.30. The molecule has 1 atom stereocenters. The molecule has 0 aliphatic rings. The number of aromatic hydroxyl groups is 1. The van der Waals surface area contributed by atoms with Crippen LogP contribution in [-0.2, 0) is 16.8 Å². The monoisotopic (exact) mass is 315 g/mol. The van der Waals surface area contributed by atoms with Crippen LogP contribution >= 0.6 is 0 Å². The number of hydrogen-bond donors (Lipinski definition) is 2. The third kappa shape index (κ3) is 4.34. The molecule has 0 unspecified atom stereocenters. The van der Waals surface area contributed by atoms with Crippen LogP contribution in [0.5, 0.6) is 5.75 Å². The standard InChI is InChI=1S/C18H25N3O2/c1-12(16-11-21(18(3,4)5)20-13(16)2)19-17(23)10-14-7-6-8-15(22)9-14/h6-9,11-12,22H,10H2,1-5H3,(H,19,23)/t12-/m0/s1. The second-order valence-corrected chi connectivity index (χ2v) is 6.92. The van der Waals surface area contributed by atoms with Crippen LogP contribution in [0.15, 0.2) is 30.5 Å². The number of aromatic nitrogens is 2. The Balaban J connectivity index is 2.05. The molecule has 2 rings (SSSR count). The second-order valence-electron chi connectivity index (χ2n) is 6.92. The highest BCUT2D eigenvalue weighted by atomic mass is 16.3. The Bertz CT molecular complexity index is 699. The molecule has 5 nitrogen and oxygen atoms in total. The lowest BCUT2D eigenvalue weighted by atomic mass is 10.1. The van der Waals surface area contributed by atoms with Gasteiger partial charge in [-0.1, -0.05) is 12.1 Å². The van der Waals surface area contributed by atoms with Crippen LogP contribution < -0.4 is 5.32 Å². The van der Waals surface area contributed by atoms with Crippen molar-refractivity contribution in [2.24, 2.45) is 0 Å². The summed E-state index contributed by atoms with van der Waals surface area (Å²) < 4.78 is 1.93. The maximum absolute atomic E-state index is 12.2. The number of nitrogens with one attached hydrogen (secondary N) is 1. The van der Waals surface area contributed by atoms with Gasteiger partial charge in [0.25, 0.3) is 0 Å². The number of amides is 1. The first-order valence-electron chi connectivity index (χ1n) is 7.80. The van der Waals surface area contributed by atoms with Crippen LogP contribution in [0, 0.1) is 6.92 Å². The summed E-state index contributed by atoms with van der Waals surface area (Å²) in [5.74, 6) is 0.0941. The van der Waals surface area contributed by atoms with Gasteiger partial charge in [-0.3, -0.25) is 9.48 Å². The number of benzene rings is 1. The highest BCUT2D eigenvalue weighted by molar-refractivity contribution is 5.79. The molecule has 0 spiro atoms. The van der Waals surface area contributed by atoms with Gasteiger partial charge >= 0.3 is 0 Å². The van der Waals surface area contributed by atoms with Gasteiger partial charge < -0.3 is 10.4 Å². The van der Waals surface area contributed by atoms with Crippen molar-refractivity contribution in [2.75, 3.05) is 0 Å². The molecule has 0 aliphatic heterocycles. The van der Waals surface area contributed by atoms with E-state index >= 15 is 0 Å². The lowest BCUT2D eigenvalue weighted by Crippen LogP contribution is -2.28. The third-order valence-corrected chi connectivity index (χ3v) is 3.74. The average molecular weight is 315 g/mol. The van der Waals surface area contributed by atoms with Gasteiger partial charge in [-0.15, -0.1) is 0 Å². The van der Waals surface area contributed by atoms with Gasteiger partial charge in [-0.25, -0.2) is 0 Å². The number of aryl methyl sites for hydroxylation is 1. The molecule has 0 fully saturated rings. The van der Waals surface area contributed by atoms with Crippen LogP contribution in [0.25, 0.3) is 0 Å². The highest BCUT2D eigenvalue weighted by Crippen LogP contribution is 2.21. The molecule has 23 heavy (non-hydrogen) atoms. The van der Waals surface area contributed by atoms with Crippen molar-refractivity contribution >= 4 is 5.91 Å². The summed E-state index contributed by atoms with van der Waals surface area (Å²) in [6.45, 7) is 10.2. The van der Waals surface area contributed by atoms with Crippen molar-refractivity contribution in [3.63, 3.8) is 0 Å². The predicted octanol–water partition coefficient (Wildman–Crippen LogP) is 3.07. The van der Waals surface area contributed by atoms with E-state index in [4.69, 9.17) is 0 Å². The van der Waals surface area contributed by atoms with Crippen molar-refractivity contribution in [1.29, 1.82) is 0 Å². The zero-order valence-corrected chi connectivity index (χ0v) is 14.4. The first kappa shape index (κ1) is 17.1. The average Bonchev–Trinajstić information content (AvgIpc) is 2.80. The minimum Gasteiger partial charge on any atom is -0.508 e. The van der Waals surface area contributed by atoms with E-state index < -0.39 is 0 Å². The van der Waals surface area contributed by atoms with Gasteiger partial charge in [0.1, 0.15) is 5.75 Å². The normalized spacial score (nSPS) is 12.9. The number of rotatable bonds is 4. The number of carbonyl (C=O) groups excluding carboxylic acids is 1. The molecule has 1 heterocycles. The maximum Gasteiger partial charge on any atom is 0.224 e. The van der Waals surface area contributed by atoms with Crippen molar-refractivity contribution in [3.05, 3.63) is 47.3 Å². The van der Waals surface area contributed by atoms with Gasteiger partial charge in [-0.05, 0) is 52.3 Å². The van der Waals surface area contributed by atoms with Crippen LogP contribution in [-0.4, -0.2) is 20.8 Å². The number of nitrogens with zero attached hydrogens (tertiary/aromatic N) is 2. The molecule has 1 amide bonds. The Morgan fingerprint density at radius 1 is 1.39 bits per heavy atom. The highest BCUT2D eigenvalue weighted by Gasteiger charge is 2.20. The smallest absolute Gasteiger partial charge is 0.224 e. The molecule has 2 aromatic rings. The van der Waals surface area contributed by atoms with Crippen molar-refractivity contribution < 1.29 is 9.90 Å². The Morgan fingerprint density at radius 3 is 2.65 bits per heavy atom. The number of carbonyl (C=O) groups is 1. The molecule has 0 radical (unpaired) electrons. The summed E-state index contributed by atoms with van der Waals surface area (Å²) in [5.41, 5.74) is 2.64. The summed E-state index contributed by atoms with van der Waals surface area (Å²) in [7, 11) is 0. The van der Waals surface area contributed by atoms with E-state index in [-0.39, 0.29) is 29.7 Å². The molecule has 124 valence electrons. The van der Waals surface area contributed by atoms with E-state index in [9.17, 15) is 9.90 Å². The van der Waals surface area contributed by atoms with Crippen molar-refractivity contribution in [2.45, 2.75) is 52.6 Å². The van der Waals surface area contributed by atoms with E-state index in [0.717, 1.165) is 16.8 Å². The van der Waals surface area contributed by atoms with Gasteiger partial charge in [-0.2, -0.15) is 5.10 Å². The van der Waals surface area contributed by atoms with Crippen LogP contribution in [0.2, 0.25) is 0 Å². The predicted molar refractivity (Wildman–Crippen MR) is 90.3 cm³/mol. The van der Waals surface area contributed by atoms with E-state index in [0.29, 0.717) is 0 Å². The first-order chi connectivity index (χ1) is 10.7. The third-order valence-electron chi connectivity index (χ3n) is 3.74. The van der Waals surface area contributed by atoms with E-state index in [1.54, 1.807) is 18.2 Å². The lowest BCUT2D eigenvalue weighted by Gasteiger charge is -2.19. The summed E-state index contributed by atoms with van der Waals surface area (Å²) in [6.07, 6.45) is 2.24. The second kappa shape index (κ2) is 6.44. The van der Waals surface area contributed by atoms with Gasteiger partial charge in [0.2, 0.25) is 5.91 Å². The van der Waals surface area contributed by atoms with Crippen LogP contribution in [0.1, 0.15) is 50.6 Å². The maximum atomic E-state index is 12.2. The molecule has 1 aromatic heterocycles. The zero-order chi connectivity index (χ0) is 17.2. The largest absolute Gasteiger partial charge is 0.508 e. The van der Waals surface area contributed by atoms with Gasteiger partial charge in [0.05, 0.1) is 23.7 Å². The fourth-order valence-electron chi connectivity index (χ4n) is 2.46. The molecule has 2 N–H and O–H groups in total. The Morgan fingerprint density at radius 2 is 2.09 bits per heavy atom. The van der Waals surface area contributed by atoms with E-state index in [2.05, 4.69) is 31.2 Å². The molecular formula is C18H25N3O2. The number of phenols is 1. The molecular weight excluding hydrogens is 290 g/mol.